The van der Waals surface area contributed by atoms with E-state index in [1.807, 2.05) is 0 Å². The Hall–Kier alpha value is -4.01. The van der Waals surface area contributed by atoms with Crippen molar-refractivity contribution in [3.8, 4) is 17.2 Å². The Balaban J connectivity index is 2.04. The summed E-state index contributed by atoms with van der Waals surface area (Å²) in [5.74, 6) is -1.20. The van der Waals surface area contributed by atoms with Gasteiger partial charge in [-0.25, -0.2) is 0 Å². The number of carbonyl (C=O) groups excluding carboxylic acids is 2. The summed E-state index contributed by atoms with van der Waals surface area (Å²) >= 11 is 0. The molecule has 1 heterocycles. The van der Waals surface area contributed by atoms with Crippen LogP contribution in [0.1, 0.15) is 42.9 Å². The number of hydrogen-bond acceptors (Lipinski definition) is 7. The van der Waals surface area contributed by atoms with Crippen LogP contribution in [0.25, 0.3) is 5.76 Å². The van der Waals surface area contributed by atoms with E-state index in [1.54, 1.807) is 42.5 Å². The van der Waals surface area contributed by atoms with Crippen LogP contribution in [0.2, 0.25) is 0 Å². The Morgan fingerprint density at radius 2 is 1.57 bits per heavy atom. The van der Waals surface area contributed by atoms with E-state index in [1.165, 1.54) is 26.2 Å². The van der Waals surface area contributed by atoms with Gasteiger partial charge in [-0.3, -0.25) is 14.4 Å². The number of carboxylic acids is 1. The zero-order valence-corrected chi connectivity index (χ0v) is 19.9. The molecule has 1 atom stereocenters. The molecule has 0 aliphatic carbocycles. The molecule has 186 valence electrons. The molecular formula is C26H29NO8. The minimum atomic E-state index is -0.879. The lowest BCUT2D eigenvalue weighted by Crippen LogP contribution is -2.30. The second-order valence-corrected chi connectivity index (χ2v) is 8.04. The summed E-state index contributed by atoms with van der Waals surface area (Å²) in [6.07, 6.45) is 1.58. The molecule has 1 aliphatic rings. The Morgan fingerprint density at radius 3 is 2.17 bits per heavy atom. The van der Waals surface area contributed by atoms with Crippen LogP contribution < -0.4 is 14.2 Å². The highest BCUT2D eigenvalue weighted by Crippen LogP contribution is 2.42. The number of methoxy groups -OCH3 is 3. The lowest BCUT2D eigenvalue weighted by Gasteiger charge is -2.26. The molecule has 1 aliphatic heterocycles. The van der Waals surface area contributed by atoms with Crippen molar-refractivity contribution in [3.63, 3.8) is 0 Å². The fourth-order valence-electron chi connectivity index (χ4n) is 4.12. The second kappa shape index (κ2) is 11.4. The number of ether oxygens (including phenoxy) is 3. The van der Waals surface area contributed by atoms with Gasteiger partial charge in [0.1, 0.15) is 11.5 Å². The van der Waals surface area contributed by atoms with E-state index < -0.39 is 23.7 Å². The van der Waals surface area contributed by atoms with Gasteiger partial charge in [0.15, 0.2) is 11.5 Å². The number of aliphatic hydroxyl groups is 1. The van der Waals surface area contributed by atoms with Gasteiger partial charge in [-0.1, -0.05) is 12.5 Å². The monoisotopic (exact) mass is 483 g/mol. The van der Waals surface area contributed by atoms with Crippen molar-refractivity contribution in [2.75, 3.05) is 27.9 Å². The quantitative estimate of drug-likeness (QED) is 0.214. The van der Waals surface area contributed by atoms with Gasteiger partial charge in [-0.05, 0) is 54.8 Å². The van der Waals surface area contributed by atoms with Crippen LogP contribution in [0.15, 0.2) is 48.0 Å². The summed E-state index contributed by atoms with van der Waals surface area (Å²) in [7, 11) is 4.51. The summed E-state index contributed by atoms with van der Waals surface area (Å²) in [5, 5.41) is 20.0. The molecule has 0 saturated carbocycles. The number of hydrogen-bond donors (Lipinski definition) is 2. The van der Waals surface area contributed by atoms with Crippen LogP contribution in [0, 0.1) is 0 Å². The molecular weight excluding hydrogens is 454 g/mol. The normalized spacial score (nSPS) is 16.9. The van der Waals surface area contributed by atoms with Crippen LogP contribution in [0.3, 0.4) is 0 Å². The molecule has 35 heavy (non-hydrogen) atoms. The number of amides is 1. The molecule has 1 saturated heterocycles. The van der Waals surface area contributed by atoms with Gasteiger partial charge in [0, 0.05) is 18.5 Å². The minimum absolute atomic E-state index is 0.0297. The number of rotatable bonds is 11. The Kier molecular flexibility index (Phi) is 8.35. The molecule has 0 unspecified atom stereocenters. The number of likely N-dealkylation sites (tertiary alicyclic amines) is 1. The van der Waals surface area contributed by atoms with Crippen molar-refractivity contribution >= 4 is 23.4 Å². The van der Waals surface area contributed by atoms with E-state index in [9.17, 15) is 19.5 Å². The predicted octanol–water partition coefficient (Wildman–Crippen LogP) is 3.78. The van der Waals surface area contributed by atoms with Crippen LogP contribution in [-0.4, -0.2) is 60.6 Å². The SMILES string of the molecule is COc1ccc(C(O)=C2C(=O)C(=O)N(CCCCCC(=O)O)[C@H]2c2ccc(OC)c(OC)c2)cc1. The zero-order chi connectivity index (χ0) is 25.5. The van der Waals surface area contributed by atoms with Gasteiger partial charge < -0.3 is 29.3 Å². The van der Waals surface area contributed by atoms with Crippen molar-refractivity contribution in [3.05, 3.63) is 59.2 Å². The number of aliphatic hydroxyl groups excluding tert-OH is 1. The third kappa shape index (κ3) is 5.56. The van der Waals surface area contributed by atoms with Crippen LogP contribution in [-0.2, 0) is 14.4 Å². The molecule has 0 bridgehead atoms. The van der Waals surface area contributed by atoms with E-state index in [0.29, 0.717) is 47.6 Å². The van der Waals surface area contributed by atoms with E-state index in [-0.39, 0.29) is 24.3 Å². The predicted molar refractivity (Wildman–Crippen MR) is 128 cm³/mol. The number of unbranched alkanes of at least 4 members (excludes halogenated alkanes) is 2. The highest BCUT2D eigenvalue weighted by molar-refractivity contribution is 6.46. The first-order chi connectivity index (χ1) is 16.8. The lowest BCUT2D eigenvalue weighted by atomic mass is 9.95. The Bertz CT molecular complexity index is 1120. The van der Waals surface area contributed by atoms with Crippen LogP contribution in [0.4, 0.5) is 0 Å². The van der Waals surface area contributed by atoms with Crippen molar-refractivity contribution in [1.29, 1.82) is 0 Å². The smallest absolute Gasteiger partial charge is 0.303 e. The molecule has 3 rings (SSSR count). The number of carboxylic acid groups (broad SMARTS) is 1. The largest absolute Gasteiger partial charge is 0.507 e. The molecule has 0 radical (unpaired) electrons. The van der Waals surface area contributed by atoms with Gasteiger partial charge in [0.05, 0.1) is 32.9 Å². The second-order valence-electron chi connectivity index (χ2n) is 8.04. The van der Waals surface area contributed by atoms with Gasteiger partial charge in [-0.2, -0.15) is 0 Å². The molecule has 9 heteroatoms. The maximum absolute atomic E-state index is 13.1. The average Bonchev–Trinajstić information content (AvgIpc) is 3.12. The molecule has 0 spiro atoms. The third-order valence-corrected chi connectivity index (χ3v) is 5.92. The maximum Gasteiger partial charge on any atom is 0.303 e. The first-order valence-corrected chi connectivity index (χ1v) is 11.2. The Morgan fingerprint density at radius 1 is 0.886 bits per heavy atom. The molecule has 1 amide bonds. The standard InChI is InChI=1S/C26H29NO8/c1-33-18-11-8-16(9-12-18)24(30)22-23(17-10-13-19(34-2)20(15-17)35-3)27(26(32)25(22)31)14-6-4-5-7-21(28)29/h8-13,15,23,30H,4-7,14H2,1-3H3,(H,28,29)/t23-/m0/s1. The van der Waals surface area contributed by atoms with Crippen molar-refractivity contribution in [2.24, 2.45) is 0 Å². The van der Waals surface area contributed by atoms with E-state index >= 15 is 0 Å². The summed E-state index contributed by atoms with van der Waals surface area (Å²) in [4.78, 5) is 38.4. The van der Waals surface area contributed by atoms with Crippen molar-refractivity contribution in [1.82, 2.24) is 4.90 Å². The van der Waals surface area contributed by atoms with Crippen molar-refractivity contribution in [2.45, 2.75) is 31.7 Å². The number of nitrogens with zero attached hydrogens (tertiary/aromatic N) is 1. The highest BCUT2D eigenvalue weighted by Gasteiger charge is 2.46. The maximum atomic E-state index is 13.1. The highest BCUT2D eigenvalue weighted by atomic mass is 16.5. The Labute approximate surface area is 203 Å². The van der Waals surface area contributed by atoms with Gasteiger partial charge in [0.2, 0.25) is 0 Å². The molecule has 2 aromatic carbocycles. The first-order valence-electron chi connectivity index (χ1n) is 11.2. The number of carbonyl (C=O) groups is 3. The summed E-state index contributed by atoms with van der Waals surface area (Å²) in [6, 6.07) is 10.7. The summed E-state index contributed by atoms with van der Waals surface area (Å²) < 4.78 is 15.9. The van der Waals surface area contributed by atoms with Gasteiger partial charge >= 0.3 is 5.97 Å². The molecule has 2 N–H and O–H groups in total. The van der Waals surface area contributed by atoms with E-state index in [2.05, 4.69) is 0 Å². The topological polar surface area (TPSA) is 123 Å². The number of ketones is 1. The van der Waals surface area contributed by atoms with E-state index in [4.69, 9.17) is 19.3 Å². The molecule has 1 fully saturated rings. The fourth-order valence-corrected chi connectivity index (χ4v) is 4.12. The summed E-state index contributed by atoms with van der Waals surface area (Å²) in [6.45, 7) is 0.225. The number of aliphatic carboxylic acids is 1. The molecule has 0 aromatic heterocycles. The minimum Gasteiger partial charge on any atom is -0.507 e. The van der Waals surface area contributed by atoms with E-state index in [0.717, 1.165) is 0 Å². The van der Waals surface area contributed by atoms with Crippen LogP contribution >= 0.6 is 0 Å². The molecule has 2 aromatic rings. The number of Topliss-reactive ketones (excluding diaryl/α,β-unsaturated/α-hetero) is 1. The first kappa shape index (κ1) is 25.6. The number of benzene rings is 2. The van der Waals surface area contributed by atoms with Gasteiger partial charge in [-0.15, -0.1) is 0 Å². The van der Waals surface area contributed by atoms with Gasteiger partial charge in [0.25, 0.3) is 11.7 Å². The fraction of sp³-hybridized carbons (Fsp3) is 0.346. The zero-order valence-electron chi connectivity index (χ0n) is 19.9. The lowest BCUT2D eigenvalue weighted by molar-refractivity contribution is -0.140. The molecule has 9 nitrogen and oxygen atoms in total. The van der Waals surface area contributed by atoms with Crippen LogP contribution in [0.5, 0.6) is 17.2 Å². The third-order valence-electron chi connectivity index (χ3n) is 5.92. The van der Waals surface area contributed by atoms with Crippen molar-refractivity contribution < 1.29 is 38.8 Å². The summed E-state index contributed by atoms with van der Waals surface area (Å²) in [5.41, 5.74) is 0.913. The average molecular weight is 484 g/mol.